The number of carbonyl (C=O) groups is 1. The van der Waals surface area contributed by atoms with Crippen LogP contribution in [0, 0.1) is 0 Å². The van der Waals surface area contributed by atoms with Crippen LogP contribution in [0.3, 0.4) is 0 Å². The summed E-state index contributed by atoms with van der Waals surface area (Å²) in [6.45, 7) is 3.90. The molecular weight excluding hydrogens is 142 g/mol. The van der Waals surface area contributed by atoms with Crippen LogP contribution in [0.1, 0.15) is 33.1 Å². The summed E-state index contributed by atoms with van der Waals surface area (Å²) in [6.07, 6.45) is 2.12. The monoisotopic (exact) mass is 159 g/mol. The van der Waals surface area contributed by atoms with Crippen molar-refractivity contribution in [2.24, 2.45) is 5.73 Å². The van der Waals surface area contributed by atoms with Gasteiger partial charge in [-0.05, 0) is 26.7 Å². The Morgan fingerprint density at radius 2 is 2.09 bits per heavy atom. The Labute approximate surface area is 67.9 Å². The first kappa shape index (κ1) is 10.4. The second kappa shape index (κ2) is 4.34. The van der Waals surface area contributed by atoms with E-state index in [9.17, 15) is 4.79 Å². The number of hydrogen-bond acceptors (Lipinski definition) is 3. The molecule has 3 heteroatoms. The van der Waals surface area contributed by atoms with Gasteiger partial charge in [-0.1, -0.05) is 0 Å². The fourth-order valence-electron chi connectivity index (χ4n) is 0.790. The molecule has 0 heterocycles. The first-order chi connectivity index (χ1) is 4.95. The Morgan fingerprint density at radius 1 is 1.55 bits per heavy atom. The largest absolute Gasteiger partial charge is 0.469 e. The summed E-state index contributed by atoms with van der Waals surface area (Å²) in [7, 11) is 1.40. The van der Waals surface area contributed by atoms with Crippen molar-refractivity contribution in [2.45, 2.75) is 38.6 Å². The van der Waals surface area contributed by atoms with Crippen LogP contribution in [0.4, 0.5) is 0 Å². The highest BCUT2D eigenvalue weighted by atomic mass is 16.5. The molecule has 0 aromatic carbocycles. The smallest absolute Gasteiger partial charge is 0.305 e. The van der Waals surface area contributed by atoms with Crippen LogP contribution < -0.4 is 5.73 Å². The number of methoxy groups -OCH3 is 1. The molecule has 66 valence electrons. The van der Waals surface area contributed by atoms with Gasteiger partial charge in [-0.15, -0.1) is 0 Å². The molecule has 0 bridgehead atoms. The highest BCUT2D eigenvalue weighted by Crippen LogP contribution is 2.09. The molecule has 3 nitrogen and oxygen atoms in total. The van der Waals surface area contributed by atoms with Crippen molar-refractivity contribution >= 4 is 5.97 Å². The fraction of sp³-hybridized carbons (Fsp3) is 0.875. The lowest BCUT2D eigenvalue weighted by Crippen LogP contribution is -2.31. The third kappa shape index (κ3) is 7.33. The predicted octanol–water partition coefficient (Wildman–Crippen LogP) is 1.07. The third-order valence-electron chi connectivity index (χ3n) is 1.43. The summed E-state index contributed by atoms with van der Waals surface area (Å²) in [6, 6.07) is 0. The van der Waals surface area contributed by atoms with Gasteiger partial charge in [-0.3, -0.25) is 4.79 Å². The Balaban J connectivity index is 3.35. The first-order valence-electron chi connectivity index (χ1n) is 3.81. The van der Waals surface area contributed by atoms with Crippen LogP contribution >= 0.6 is 0 Å². The molecule has 0 saturated carbocycles. The molecule has 0 aliphatic rings. The summed E-state index contributed by atoms with van der Waals surface area (Å²) in [4.78, 5) is 10.6. The van der Waals surface area contributed by atoms with Crippen molar-refractivity contribution in [3.05, 3.63) is 0 Å². The minimum atomic E-state index is -0.173. The van der Waals surface area contributed by atoms with E-state index < -0.39 is 0 Å². The van der Waals surface area contributed by atoms with Crippen LogP contribution in [-0.4, -0.2) is 18.6 Å². The zero-order valence-corrected chi connectivity index (χ0v) is 7.52. The van der Waals surface area contributed by atoms with Gasteiger partial charge in [-0.2, -0.15) is 0 Å². The van der Waals surface area contributed by atoms with E-state index in [0.29, 0.717) is 6.42 Å². The van der Waals surface area contributed by atoms with Crippen molar-refractivity contribution in [1.82, 2.24) is 0 Å². The lowest BCUT2D eigenvalue weighted by Gasteiger charge is -2.17. The number of hydrogen-bond donors (Lipinski definition) is 1. The van der Waals surface area contributed by atoms with Crippen molar-refractivity contribution < 1.29 is 9.53 Å². The molecule has 0 amide bonds. The lowest BCUT2D eigenvalue weighted by molar-refractivity contribution is -0.140. The normalized spacial score (nSPS) is 11.3. The van der Waals surface area contributed by atoms with E-state index in [1.165, 1.54) is 7.11 Å². The molecule has 0 aromatic heterocycles. The summed E-state index contributed by atoms with van der Waals surface area (Å²) in [5.41, 5.74) is 5.54. The molecule has 0 aromatic rings. The highest BCUT2D eigenvalue weighted by Gasteiger charge is 2.10. The summed E-state index contributed by atoms with van der Waals surface area (Å²) in [5, 5.41) is 0. The second-order valence-electron chi connectivity index (χ2n) is 3.42. The number of nitrogens with two attached hydrogens (primary N) is 1. The maximum absolute atomic E-state index is 10.6. The van der Waals surface area contributed by atoms with Gasteiger partial charge < -0.3 is 10.5 Å². The van der Waals surface area contributed by atoms with Gasteiger partial charge >= 0.3 is 5.97 Å². The fourth-order valence-corrected chi connectivity index (χ4v) is 0.790. The molecule has 2 N–H and O–H groups in total. The van der Waals surface area contributed by atoms with E-state index in [1.54, 1.807) is 0 Å². The Kier molecular flexibility index (Phi) is 4.11. The van der Waals surface area contributed by atoms with E-state index >= 15 is 0 Å². The average Bonchev–Trinajstić information content (AvgIpc) is 1.85. The van der Waals surface area contributed by atoms with Crippen molar-refractivity contribution in [3.8, 4) is 0 Å². The highest BCUT2D eigenvalue weighted by molar-refractivity contribution is 5.68. The Hall–Kier alpha value is -0.570. The minimum Gasteiger partial charge on any atom is -0.469 e. The number of rotatable bonds is 4. The van der Waals surface area contributed by atoms with Gasteiger partial charge in [0.15, 0.2) is 0 Å². The molecular formula is C8H17NO2. The van der Waals surface area contributed by atoms with Crippen LogP contribution in [0.2, 0.25) is 0 Å². The van der Waals surface area contributed by atoms with Crippen molar-refractivity contribution in [2.75, 3.05) is 7.11 Å². The molecule has 11 heavy (non-hydrogen) atoms. The molecule has 0 fully saturated rings. The van der Waals surface area contributed by atoms with E-state index in [-0.39, 0.29) is 11.5 Å². The van der Waals surface area contributed by atoms with Gasteiger partial charge in [0.2, 0.25) is 0 Å². The standard InChI is InChI=1S/C8H17NO2/c1-8(2,9)6-4-5-7(10)11-3/h4-6,9H2,1-3H3. The maximum atomic E-state index is 10.6. The van der Waals surface area contributed by atoms with E-state index in [0.717, 1.165) is 12.8 Å². The molecule has 0 spiro atoms. The Bertz CT molecular complexity index is 127. The molecule has 0 rings (SSSR count). The van der Waals surface area contributed by atoms with Gasteiger partial charge in [0, 0.05) is 12.0 Å². The quantitative estimate of drug-likeness (QED) is 0.624. The number of ether oxygens (including phenoxy) is 1. The maximum Gasteiger partial charge on any atom is 0.305 e. The Morgan fingerprint density at radius 3 is 2.45 bits per heavy atom. The zero-order chi connectivity index (χ0) is 8.91. The summed E-state index contributed by atoms with van der Waals surface area (Å²) >= 11 is 0. The third-order valence-corrected chi connectivity index (χ3v) is 1.43. The summed E-state index contributed by atoms with van der Waals surface area (Å²) in [5.74, 6) is -0.158. The van der Waals surface area contributed by atoms with E-state index in [1.807, 2.05) is 13.8 Å². The molecule has 0 aliphatic carbocycles. The molecule has 0 aliphatic heterocycles. The summed E-state index contributed by atoms with van der Waals surface area (Å²) < 4.78 is 4.49. The van der Waals surface area contributed by atoms with Crippen molar-refractivity contribution in [3.63, 3.8) is 0 Å². The van der Waals surface area contributed by atoms with Crippen LogP contribution in [0.5, 0.6) is 0 Å². The predicted molar refractivity (Wildman–Crippen MR) is 44.1 cm³/mol. The van der Waals surface area contributed by atoms with Gasteiger partial charge in [0.05, 0.1) is 7.11 Å². The van der Waals surface area contributed by atoms with Gasteiger partial charge in [0.1, 0.15) is 0 Å². The zero-order valence-electron chi connectivity index (χ0n) is 7.52. The van der Waals surface area contributed by atoms with E-state index in [2.05, 4.69) is 4.74 Å². The van der Waals surface area contributed by atoms with Gasteiger partial charge in [-0.25, -0.2) is 0 Å². The average molecular weight is 159 g/mol. The van der Waals surface area contributed by atoms with Crippen LogP contribution in [0.25, 0.3) is 0 Å². The number of esters is 1. The topological polar surface area (TPSA) is 52.3 Å². The molecule has 0 unspecified atom stereocenters. The molecule has 0 radical (unpaired) electrons. The van der Waals surface area contributed by atoms with Crippen LogP contribution in [-0.2, 0) is 9.53 Å². The van der Waals surface area contributed by atoms with Crippen molar-refractivity contribution in [1.29, 1.82) is 0 Å². The molecule has 0 saturated heterocycles. The second-order valence-corrected chi connectivity index (χ2v) is 3.42. The molecule has 0 atom stereocenters. The SMILES string of the molecule is COC(=O)CCCC(C)(C)N. The minimum absolute atomic E-state index is 0.158. The van der Waals surface area contributed by atoms with Gasteiger partial charge in [0.25, 0.3) is 0 Å². The number of carbonyl (C=O) groups excluding carboxylic acids is 1. The van der Waals surface area contributed by atoms with E-state index in [4.69, 9.17) is 5.73 Å². The van der Waals surface area contributed by atoms with Crippen LogP contribution in [0.15, 0.2) is 0 Å². The first-order valence-corrected chi connectivity index (χ1v) is 3.81. The lowest BCUT2D eigenvalue weighted by atomic mass is 9.99.